The number of hydrogen-bond acceptors (Lipinski definition) is 2. The van der Waals surface area contributed by atoms with Gasteiger partial charge in [-0.2, -0.15) is 0 Å². The molecule has 0 heterocycles. The first-order valence-corrected chi connectivity index (χ1v) is 6.62. The molecule has 0 atom stereocenters. The molecule has 100 valence electrons. The number of rotatable bonds is 7. The van der Waals surface area contributed by atoms with Gasteiger partial charge in [0.15, 0.2) is 0 Å². The largest absolute Gasteiger partial charge is 0.496 e. The number of carbonyl (C=O) groups excluding carboxylic acids is 1. The van der Waals surface area contributed by atoms with Crippen molar-refractivity contribution in [3.05, 3.63) is 29.8 Å². The summed E-state index contributed by atoms with van der Waals surface area (Å²) in [6.45, 7) is 4.76. The molecule has 1 aromatic rings. The van der Waals surface area contributed by atoms with E-state index in [-0.39, 0.29) is 11.8 Å². The van der Waals surface area contributed by atoms with Gasteiger partial charge >= 0.3 is 0 Å². The van der Waals surface area contributed by atoms with E-state index in [2.05, 4.69) is 5.32 Å². The van der Waals surface area contributed by atoms with Crippen LogP contribution in [0.25, 0.3) is 0 Å². The molecule has 0 aliphatic carbocycles. The SMILES string of the molecule is CCC(CC)C(=O)NCCc1ccccc1OC. The van der Waals surface area contributed by atoms with E-state index in [4.69, 9.17) is 4.74 Å². The smallest absolute Gasteiger partial charge is 0.223 e. The fourth-order valence-corrected chi connectivity index (χ4v) is 2.03. The average molecular weight is 249 g/mol. The molecule has 0 saturated heterocycles. The van der Waals surface area contributed by atoms with Crippen LogP contribution in [0.4, 0.5) is 0 Å². The zero-order valence-electron chi connectivity index (χ0n) is 11.5. The van der Waals surface area contributed by atoms with Gasteiger partial charge in [-0.25, -0.2) is 0 Å². The van der Waals surface area contributed by atoms with Crippen LogP contribution in [-0.2, 0) is 11.2 Å². The van der Waals surface area contributed by atoms with E-state index in [1.165, 1.54) is 0 Å². The van der Waals surface area contributed by atoms with Crippen molar-refractivity contribution in [1.82, 2.24) is 5.32 Å². The maximum absolute atomic E-state index is 11.8. The Kier molecular flexibility index (Phi) is 6.26. The molecule has 0 fully saturated rings. The lowest BCUT2D eigenvalue weighted by Crippen LogP contribution is -2.31. The molecule has 0 aliphatic heterocycles. The third-order valence-electron chi connectivity index (χ3n) is 3.24. The lowest BCUT2D eigenvalue weighted by atomic mass is 10.0. The van der Waals surface area contributed by atoms with Gasteiger partial charge in [-0.1, -0.05) is 32.0 Å². The molecular weight excluding hydrogens is 226 g/mol. The Morgan fingerprint density at radius 1 is 1.28 bits per heavy atom. The van der Waals surface area contributed by atoms with Crippen LogP contribution in [0.3, 0.4) is 0 Å². The molecule has 0 spiro atoms. The third-order valence-corrected chi connectivity index (χ3v) is 3.24. The van der Waals surface area contributed by atoms with Crippen molar-refractivity contribution < 1.29 is 9.53 Å². The predicted octanol–water partition coefficient (Wildman–Crippen LogP) is 2.79. The van der Waals surface area contributed by atoms with E-state index >= 15 is 0 Å². The van der Waals surface area contributed by atoms with Crippen LogP contribution < -0.4 is 10.1 Å². The van der Waals surface area contributed by atoms with E-state index < -0.39 is 0 Å². The topological polar surface area (TPSA) is 38.3 Å². The number of ether oxygens (including phenoxy) is 1. The van der Waals surface area contributed by atoms with Crippen LogP contribution in [0.1, 0.15) is 32.3 Å². The van der Waals surface area contributed by atoms with Crippen molar-refractivity contribution in [2.45, 2.75) is 33.1 Å². The Hall–Kier alpha value is -1.51. The molecular formula is C15H23NO2. The molecule has 1 amide bonds. The van der Waals surface area contributed by atoms with E-state index in [9.17, 15) is 4.79 Å². The molecule has 1 rings (SSSR count). The quantitative estimate of drug-likeness (QED) is 0.807. The molecule has 0 radical (unpaired) electrons. The lowest BCUT2D eigenvalue weighted by Gasteiger charge is -2.13. The Balaban J connectivity index is 2.44. The monoisotopic (exact) mass is 249 g/mol. The second-order valence-corrected chi connectivity index (χ2v) is 4.37. The molecule has 0 bridgehead atoms. The number of carbonyl (C=O) groups is 1. The normalized spacial score (nSPS) is 10.4. The third kappa shape index (κ3) is 4.06. The molecule has 1 aromatic carbocycles. The maximum Gasteiger partial charge on any atom is 0.223 e. The first kappa shape index (κ1) is 14.6. The molecule has 0 aliphatic rings. The van der Waals surface area contributed by atoms with Crippen LogP contribution in [-0.4, -0.2) is 19.6 Å². The summed E-state index contributed by atoms with van der Waals surface area (Å²) >= 11 is 0. The number of benzene rings is 1. The predicted molar refractivity (Wildman–Crippen MR) is 73.8 cm³/mol. The summed E-state index contributed by atoms with van der Waals surface area (Å²) in [6, 6.07) is 7.91. The van der Waals surface area contributed by atoms with Crippen molar-refractivity contribution >= 4 is 5.91 Å². The molecule has 0 aromatic heterocycles. The summed E-state index contributed by atoms with van der Waals surface area (Å²) in [4.78, 5) is 11.8. The van der Waals surface area contributed by atoms with Gasteiger partial charge in [0.2, 0.25) is 5.91 Å². The van der Waals surface area contributed by atoms with Crippen LogP contribution in [0, 0.1) is 5.92 Å². The van der Waals surface area contributed by atoms with E-state index in [0.29, 0.717) is 6.54 Å². The van der Waals surface area contributed by atoms with Gasteiger partial charge in [-0.3, -0.25) is 4.79 Å². The first-order valence-electron chi connectivity index (χ1n) is 6.62. The molecule has 0 unspecified atom stereocenters. The van der Waals surface area contributed by atoms with Crippen molar-refractivity contribution in [2.75, 3.05) is 13.7 Å². The van der Waals surface area contributed by atoms with Crippen molar-refractivity contribution in [3.8, 4) is 5.75 Å². The van der Waals surface area contributed by atoms with E-state index in [1.54, 1.807) is 7.11 Å². The van der Waals surface area contributed by atoms with E-state index in [0.717, 1.165) is 30.6 Å². The van der Waals surface area contributed by atoms with Crippen LogP contribution >= 0.6 is 0 Å². The number of para-hydroxylation sites is 1. The van der Waals surface area contributed by atoms with Crippen molar-refractivity contribution in [1.29, 1.82) is 0 Å². The minimum atomic E-state index is 0.141. The second-order valence-electron chi connectivity index (χ2n) is 4.37. The van der Waals surface area contributed by atoms with Crippen LogP contribution in [0.5, 0.6) is 5.75 Å². The van der Waals surface area contributed by atoms with Gasteiger partial charge in [0.25, 0.3) is 0 Å². The highest BCUT2D eigenvalue weighted by molar-refractivity contribution is 5.78. The Morgan fingerprint density at radius 2 is 1.94 bits per heavy atom. The minimum absolute atomic E-state index is 0.141. The molecule has 1 N–H and O–H groups in total. The number of amides is 1. The summed E-state index contributed by atoms with van der Waals surface area (Å²) in [6.07, 6.45) is 2.60. The van der Waals surface area contributed by atoms with Crippen LogP contribution in [0.2, 0.25) is 0 Å². The van der Waals surface area contributed by atoms with Crippen molar-refractivity contribution in [2.24, 2.45) is 5.92 Å². The summed E-state index contributed by atoms with van der Waals surface area (Å²) in [5.41, 5.74) is 1.13. The zero-order chi connectivity index (χ0) is 13.4. The van der Waals surface area contributed by atoms with Gasteiger partial charge in [-0.15, -0.1) is 0 Å². The lowest BCUT2D eigenvalue weighted by molar-refractivity contribution is -0.125. The molecule has 3 heteroatoms. The summed E-state index contributed by atoms with van der Waals surface area (Å²) in [5.74, 6) is 1.19. The number of methoxy groups -OCH3 is 1. The fourth-order valence-electron chi connectivity index (χ4n) is 2.03. The second kappa shape index (κ2) is 7.75. The summed E-state index contributed by atoms with van der Waals surface area (Å²) < 4.78 is 5.28. The van der Waals surface area contributed by atoms with Gasteiger partial charge in [0, 0.05) is 12.5 Å². The average Bonchev–Trinajstić information content (AvgIpc) is 2.40. The highest BCUT2D eigenvalue weighted by Gasteiger charge is 2.13. The standard InChI is InChI=1S/C15H23NO2/c1-4-12(5-2)15(17)16-11-10-13-8-6-7-9-14(13)18-3/h6-9,12H,4-5,10-11H2,1-3H3,(H,16,17). The van der Waals surface area contributed by atoms with Gasteiger partial charge in [0.05, 0.1) is 7.11 Å². The first-order chi connectivity index (χ1) is 8.72. The van der Waals surface area contributed by atoms with E-state index in [1.807, 2.05) is 38.1 Å². The van der Waals surface area contributed by atoms with Gasteiger partial charge < -0.3 is 10.1 Å². The Labute approximate surface area is 110 Å². The zero-order valence-corrected chi connectivity index (χ0v) is 11.5. The highest BCUT2D eigenvalue weighted by Crippen LogP contribution is 2.17. The highest BCUT2D eigenvalue weighted by atomic mass is 16.5. The Bertz CT molecular complexity index is 373. The maximum atomic E-state index is 11.8. The van der Waals surface area contributed by atoms with Gasteiger partial charge in [0.1, 0.15) is 5.75 Å². The number of hydrogen-bond donors (Lipinski definition) is 1. The Morgan fingerprint density at radius 3 is 2.56 bits per heavy atom. The van der Waals surface area contributed by atoms with Crippen LogP contribution in [0.15, 0.2) is 24.3 Å². The van der Waals surface area contributed by atoms with Gasteiger partial charge in [-0.05, 0) is 30.9 Å². The molecule has 3 nitrogen and oxygen atoms in total. The molecule has 18 heavy (non-hydrogen) atoms. The summed E-state index contributed by atoms with van der Waals surface area (Å²) in [5, 5.41) is 2.99. The minimum Gasteiger partial charge on any atom is -0.496 e. The molecule has 0 saturated carbocycles. The summed E-state index contributed by atoms with van der Waals surface area (Å²) in [7, 11) is 1.67. The fraction of sp³-hybridized carbons (Fsp3) is 0.533. The van der Waals surface area contributed by atoms with Crippen molar-refractivity contribution in [3.63, 3.8) is 0 Å². The number of nitrogens with one attached hydrogen (secondary N) is 1.